The van der Waals surface area contributed by atoms with Crippen LogP contribution in [0.5, 0.6) is 0 Å². The molecule has 0 saturated heterocycles. The van der Waals surface area contributed by atoms with Crippen LogP contribution in [-0.4, -0.2) is 21.7 Å². The molecule has 1 amide bonds. The van der Waals surface area contributed by atoms with Crippen molar-refractivity contribution >= 4 is 33.7 Å². The van der Waals surface area contributed by atoms with E-state index in [1.165, 1.54) is 15.8 Å². The zero-order valence-corrected chi connectivity index (χ0v) is 16.7. The number of thiophene rings is 1. The number of fused-ring (bicyclic) bond motifs is 3. The molecule has 6 nitrogen and oxygen atoms in total. The highest BCUT2D eigenvalue weighted by Crippen LogP contribution is 2.35. The van der Waals surface area contributed by atoms with Gasteiger partial charge in [0.1, 0.15) is 10.9 Å². The van der Waals surface area contributed by atoms with E-state index in [1.807, 2.05) is 30.3 Å². The summed E-state index contributed by atoms with van der Waals surface area (Å²) < 4.78 is 1.40. The summed E-state index contributed by atoms with van der Waals surface area (Å²) in [6, 6.07) is 8.79. The summed E-state index contributed by atoms with van der Waals surface area (Å²) in [6.07, 6.45) is 6.03. The Balaban J connectivity index is 1.58. The number of hydrogen-bond donors (Lipinski definition) is 1. The van der Waals surface area contributed by atoms with Crippen molar-refractivity contribution in [2.75, 3.05) is 0 Å². The first-order chi connectivity index (χ1) is 13.5. The van der Waals surface area contributed by atoms with Gasteiger partial charge in [-0.1, -0.05) is 37.3 Å². The Labute approximate surface area is 166 Å². The summed E-state index contributed by atoms with van der Waals surface area (Å²) in [4.78, 5) is 32.1. The molecule has 1 aliphatic rings. The van der Waals surface area contributed by atoms with Crippen LogP contribution in [-0.2, 0) is 17.6 Å². The molecular formula is C21H22N4O2S. The second kappa shape index (κ2) is 7.67. The normalized spacial score (nSPS) is 17.6. The zero-order chi connectivity index (χ0) is 19.7. The highest BCUT2D eigenvalue weighted by atomic mass is 32.1. The topological polar surface area (TPSA) is 76.3 Å². The van der Waals surface area contributed by atoms with Gasteiger partial charge in [-0.2, -0.15) is 5.10 Å². The van der Waals surface area contributed by atoms with Crippen LogP contribution in [0.15, 0.2) is 46.6 Å². The average Bonchev–Trinajstić information content (AvgIpc) is 3.06. The maximum Gasteiger partial charge on any atom is 0.263 e. The molecule has 2 unspecified atom stereocenters. The van der Waals surface area contributed by atoms with Crippen molar-refractivity contribution in [1.82, 2.24) is 15.0 Å². The lowest BCUT2D eigenvalue weighted by molar-refractivity contribution is -0.123. The molecule has 0 saturated carbocycles. The fraction of sp³-hybridized carbons (Fsp3) is 0.333. The minimum atomic E-state index is -0.699. The third-order valence-electron chi connectivity index (χ3n) is 5.23. The second-order valence-electron chi connectivity index (χ2n) is 7.31. The van der Waals surface area contributed by atoms with E-state index in [0.717, 1.165) is 35.2 Å². The van der Waals surface area contributed by atoms with Gasteiger partial charge in [0.15, 0.2) is 0 Å². The number of nitrogens with zero attached hydrogens (tertiary/aromatic N) is 3. The van der Waals surface area contributed by atoms with Crippen LogP contribution < -0.4 is 11.0 Å². The van der Waals surface area contributed by atoms with Crippen molar-refractivity contribution in [3.63, 3.8) is 0 Å². The van der Waals surface area contributed by atoms with Gasteiger partial charge in [-0.25, -0.2) is 10.4 Å². The number of carbonyl (C=O) groups excluding carboxylic acids is 1. The number of aromatic nitrogens is 2. The van der Waals surface area contributed by atoms with E-state index in [0.29, 0.717) is 11.3 Å². The Morgan fingerprint density at radius 3 is 2.96 bits per heavy atom. The number of nitrogens with one attached hydrogen (secondary N) is 1. The van der Waals surface area contributed by atoms with Crippen LogP contribution in [0.4, 0.5) is 0 Å². The van der Waals surface area contributed by atoms with Gasteiger partial charge in [0.25, 0.3) is 11.5 Å². The number of carbonyl (C=O) groups is 1. The molecular weight excluding hydrogens is 372 g/mol. The lowest BCUT2D eigenvalue weighted by Crippen LogP contribution is -2.34. The van der Waals surface area contributed by atoms with Gasteiger partial charge in [-0.05, 0) is 43.2 Å². The molecule has 0 fully saturated rings. The van der Waals surface area contributed by atoms with Crippen molar-refractivity contribution in [2.24, 2.45) is 11.0 Å². The van der Waals surface area contributed by atoms with Crippen LogP contribution in [0, 0.1) is 5.92 Å². The molecule has 0 bridgehead atoms. The van der Waals surface area contributed by atoms with Gasteiger partial charge in [-0.15, -0.1) is 11.3 Å². The molecule has 7 heteroatoms. The fourth-order valence-corrected chi connectivity index (χ4v) is 4.89. The molecule has 28 heavy (non-hydrogen) atoms. The van der Waals surface area contributed by atoms with E-state index in [-0.39, 0.29) is 11.5 Å². The van der Waals surface area contributed by atoms with E-state index in [2.05, 4.69) is 22.4 Å². The summed E-state index contributed by atoms with van der Waals surface area (Å²) in [6.45, 7) is 3.92. The van der Waals surface area contributed by atoms with Crippen molar-refractivity contribution < 1.29 is 4.79 Å². The minimum Gasteiger partial charge on any atom is -0.286 e. The first-order valence-electron chi connectivity index (χ1n) is 9.44. The van der Waals surface area contributed by atoms with Gasteiger partial charge < -0.3 is 0 Å². The number of benzene rings is 1. The largest absolute Gasteiger partial charge is 0.286 e. The molecule has 1 aliphatic carbocycles. The van der Waals surface area contributed by atoms with Crippen LogP contribution in [0.25, 0.3) is 10.2 Å². The number of aryl methyl sites for hydroxylation is 1. The maximum absolute atomic E-state index is 13.1. The standard InChI is InChI=1S/C21H22N4O2S/c1-13-8-9-16-17(10-13)28-20-18(16)21(27)25(12-22-20)14(2)19(26)24-23-11-15-6-4-3-5-7-15/h3-7,11-14H,8-10H2,1-2H3,(H,24,26). The summed E-state index contributed by atoms with van der Waals surface area (Å²) in [5.74, 6) is 0.281. The summed E-state index contributed by atoms with van der Waals surface area (Å²) >= 11 is 1.61. The SMILES string of the molecule is CC1CCc2c(sc3ncn(C(C)C(=O)NN=Cc4ccccc4)c(=O)c23)C1. The zero-order valence-electron chi connectivity index (χ0n) is 15.9. The molecule has 0 spiro atoms. The minimum absolute atomic E-state index is 0.147. The van der Waals surface area contributed by atoms with Crippen LogP contribution in [0.1, 0.15) is 42.3 Å². The Kier molecular flexibility index (Phi) is 5.09. The Morgan fingerprint density at radius 1 is 1.39 bits per heavy atom. The lowest BCUT2D eigenvalue weighted by atomic mass is 9.89. The fourth-order valence-electron chi connectivity index (χ4n) is 3.55. The number of hydrazone groups is 1. The Morgan fingerprint density at radius 2 is 2.18 bits per heavy atom. The monoisotopic (exact) mass is 394 g/mol. The van der Waals surface area contributed by atoms with E-state index in [4.69, 9.17) is 0 Å². The number of rotatable bonds is 4. The Hall–Kier alpha value is -2.80. The Bertz CT molecular complexity index is 1100. The second-order valence-corrected chi connectivity index (χ2v) is 8.39. The predicted octanol–water partition coefficient (Wildman–Crippen LogP) is 3.29. The van der Waals surface area contributed by atoms with Crippen LogP contribution in [0.2, 0.25) is 0 Å². The van der Waals surface area contributed by atoms with E-state index in [9.17, 15) is 9.59 Å². The highest BCUT2D eigenvalue weighted by Gasteiger charge is 2.25. The summed E-state index contributed by atoms with van der Waals surface area (Å²) in [7, 11) is 0. The number of amides is 1. The molecule has 144 valence electrons. The molecule has 4 rings (SSSR count). The molecule has 0 radical (unpaired) electrons. The first kappa shape index (κ1) is 18.6. The maximum atomic E-state index is 13.1. The molecule has 2 heterocycles. The van der Waals surface area contributed by atoms with Gasteiger partial charge in [0.05, 0.1) is 17.9 Å². The van der Waals surface area contributed by atoms with Gasteiger partial charge in [0.2, 0.25) is 0 Å². The van der Waals surface area contributed by atoms with Crippen molar-refractivity contribution in [3.05, 3.63) is 63.0 Å². The highest BCUT2D eigenvalue weighted by molar-refractivity contribution is 7.18. The van der Waals surface area contributed by atoms with Crippen molar-refractivity contribution in [3.8, 4) is 0 Å². The van der Waals surface area contributed by atoms with Crippen molar-refractivity contribution in [2.45, 2.75) is 39.2 Å². The van der Waals surface area contributed by atoms with Gasteiger partial charge in [-0.3, -0.25) is 14.2 Å². The molecule has 2 atom stereocenters. The van der Waals surface area contributed by atoms with E-state index < -0.39 is 6.04 Å². The van der Waals surface area contributed by atoms with E-state index in [1.54, 1.807) is 24.5 Å². The van der Waals surface area contributed by atoms with Crippen LogP contribution >= 0.6 is 11.3 Å². The third-order valence-corrected chi connectivity index (χ3v) is 6.39. The van der Waals surface area contributed by atoms with Crippen LogP contribution in [0.3, 0.4) is 0 Å². The van der Waals surface area contributed by atoms with Crippen molar-refractivity contribution in [1.29, 1.82) is 0 Å². The smallest absolute Gasteiger partial charge is 0.263 e. The first-order valence-corrected chi connectivity index (χ1v) is 10.3. The predicted molar refractivity (Wildman–Crippen MR) is 112 cm³/mol. The third kappa shape index (κ3) is 3.49. The molecule has 1 aromatic carbocycles. The lowest BCUT2D eigenvalue weighted by Gasteiger charge is -2.18. The quantitative estimate of drug-likeness (QED) is 0.545. The molecule has 2 aromatic heterocycles. The number of hydrogen-bond acceptors (Lipinski definition) is 5. The van der Waals surface area contributed by atoms with E-state index >= 15 is 0 Å². The molecule has 0 aliphatic heterocycles. The molecule has 3 aromatic rings. The van der Waals surface area contributed by atoms with Gasteiger partial charge >= 0.3 is 0 Å². The summed E-state index contributed by atoms with van der Waals surface area (Å²) in [5.41, 5.74) is 4.37. The molecule has 1 N–H and O–H groups in total. The average molecular weight is 395 g/mol. The summed E-state index contributed by atoms with van der Waals surface area (Å²) in [5, 5.41) is 4.67. The van der Waals surface area contributed by atoms with Gasteiger partial charge in [0, 0.05) is 4.88 Å².